The summed E-state index contributed by atoms with van der Waals surface area (Å²) in [4.78, 5) is 0. The van der Waals surface area contributed by atoms with Crippen molar-refractivity contribution in [1.82, 2.24) is 10.6 Å². The molecule has 1 aliphatic rings. The quantitative estimate of drug-likeness (QED) is 0.503. The topological polar surface area (TPSA) is 44.3 Å². The van der Waals surface area contributed by atoms with E-state index in [1.807, 2.05) is 0 Å². The van der Waals surface area contributed by atoms with E-state index in [2.05, 4.69) is 17.6 Å². The number of rotatable bonds is 7. The zero-order valence-electron chi connectivity index (χ0n) is 8.55. The molecule has 0 aliphatic heterocycles. The van der Waals surface area contributed by atoms with Crippen molar-refractivity contribution in [3.63, 3.8) is 0 Å². The number of aliphatic hydroxyl groups excluding tert-OH is 1. The van der Waals surface area contributed by atoms with Crippen molar-refractivity contribution in [2.75, 3.05) is 26.2 Å². The third-order valence-corrected chi connectivity index (χ3v) is 2.60. The molecule has 0 spiro atoms. The van der Waals surface area contributed by atoms with Crippen molar-refractivity contribution in [2.45, 2.75) is 32.3 Å². The summed E-state index contributed by atoms with van der Waals surface area (Å²) in [7, 11) is 0. The monoisotopic (exact) mass is 186 g/mol. The van der Waals surface area contributed by atoms with Gasteiger partial charge in [-0.25, -0.2) is 0 Å². The van der Waals surface area contributed by atoms with E-state index >= 15 is 0 Å². The van der Waals surface area contributed by atoms with Gasteiger partial charge in [0.25, 0.3) is 0 Å². The summed E-state index contributed by atoms with van der Waals surface area (Å²) in [5, 5.41) is 15.8. The van der Waals surface area contributed by atoms with E-state index < -0.39 is 0 Å². The molecule has 0 atom stereocenters. The summed E-state index contributed by atoms with van der Waals surface area (Å²) >= 11 is 0. The molecule has 0 aromatic rings. The first-order valence-electron chi connectivity index (χ1n) is 5.42. The van der Waals surface area contributed by atoms with Crippen LogP contribution in [0.15, 0.2) is 0 Å². The second-order valence-corrected chi connectivity index (χ2v) is 3.90. The van der Waals surface area contributed by atoms with Crippen LogP contribution in [0.3, 0.4) is 0 Å². The molecule has 1 aliphatic carbocycles. The Kier molecular flexibility index (Phi) is 5.35. The van der Waals surface area contributed by atoms with E-state index in [0.717, 1.165) is 44.9 Å². The highest BCUT2D eigenvalue weighted by molar-refractivity contribution is 4.79. The highest BCUT2D eigenvalue weighted by Crippen LogP contribution is 2.25. The molecule has 3 nitrogen and oxygen atoms in total. The Morgan fingerprint density at radius 2 is 1.92 bits per heavy atom. The lowest BCUT2D eigenvalue weighted by molar-refractivity contribution is 0.0431. The average molecular weight is 186 g/mol. The molecule has 3 N–H and O–H groups in total. The maximum absolute atomic E-state index is 9.05. The molecular weight excluding hydrogens is 164 g/mol. The first-order chi connectivity index (χ1) is 6.33. The molecule has 0 amide bonds. The molecule has 3 heteroatoms. The van der Waals surface area contributed by atoms with Crippen LogP contribution < -0.4 is 10.6 Å². The van der Waals surface area contributed by atoms with Gasteiger partial charge in [0.05, 0.1) is 6.10 Å². The summed E-state index contributed by atoms with van der Waals surface area (Å²) in [5.74, 6) is 0.731. The molecule has 0 radical (unpaired) electrons. The fourth-order valence-corrected chi connectivity index (χ4v) is 1.69. The Morgan fingerprint density at radius 1 is 1.23 bits per heavy atom. The minimum absolute atomic E-state index is 0.00596. The third-order valence-electron chi connectivity index (χ3n) is 2.60. The summed E-state index contributed by atoms with van der Waals surface area (Å²) in [6.45, 7) is 6.48. The maximum Gasteiger partial charge on any atom is 0.0546 e. The molecule has 0 aromatic heterocycles. The normalized spacial score (nSPS) is 27.2. The van der Waals surface area contributed by atoms with Crippen LogP contribution in [0.4, 0.5) is 0 Å². The largest absolute Gasteiger partial charge is 0.393 e. The minimum atomic E-state index is -0.00596. The van der Waals surface area contributed by atoms with Gasteiger partial charge in [0, 0.05) is 0 Å². The fraction of sp³-hybridized carbons (Fsp3) is 1.00. The van der Waals surface area contributed by atoms with Crippen LogP contribution in [-0.4, -0.2) is 37.4 Å². The number of aliphatic hydroxyl groups is 1. The van der Waals surface area contributed by atoms with E-state index in [0.29, 0.717) is 0 Å². The van der Waals surface area contributed by atoms with Crippen molar-refractivity contribution >= 4 is 0 Å². The molecule has 1 fully saturated rings. The van der Waals surface area contributed by atoms with Crippen molar-refractivity contribution in [1.29, 1.82) is 0 Å². The highest BCUT2D eigenvalue weighted by atomic mass is 16.3. The lowest BCUT2D eigenvalue weighted by Gasteiger charge is -2.31. The first-order valence-corrected chi connectivity index (χ1v) is 5.42. The van der Waals surface area contributed by atoms with Crippen molar-refractivity contribution in [3.8, 4) is 0 Å². The van der Waals surface area contributed by atoms with Crippen LogP contribution in [0.5, 0.6) is 0 Å². The molecule has 0 aromatic carbocycles. The number of nitrogens with one attached hydrogen (secondary N) is 2. The van der Waals surface area contributed by atoms with Gasteiger partial charge in [0.2, 0.25) is 0 Å². The summed E-state index contributed by atoms with van der Waals surface area (Å²) in [5.41, 5.74) is 0. The van der Waals surface area contributed by atoms with E-state index in [-0.39, 0.29) is 6.10 Å². The molecule has 0 saturated heterocycles. The maximum atomic E-state index is 9.05. The Balaban J connectivity index is 1.74. The molecule has 0 bridgehead atoms. The second-order valence-electron chi connectivity index (χ2n) is 3.90. The van der Waals surface area contributed by atoms with Crippen LogP contribution in [0.25, 0.3) is 0 Å². The van der Waals surface area contributed by atoms with Crippen LogP contribution in [0.2, 0.25) is 0 Å². The van der Waals surface area contributed by atoms with E-state index in [1.54, 1.807) is 0 Å². The lowest BCUT2D eigenvalue weighted by atomic mass is 9.82. The van der Waals surface area contributed by atoms with Gasteiger partial charge in [-0.1, -0.05) is 6.92 Å². The molecule has 0 unspecified atom stereocenters. The first kappa shape index (κ1) is 11.0. The van der Waals surface area contributed by atoms with Gasteiger partial charge < -0.3 is 15.7 Å². The summed E-state index contributed by atoms with van der Waals surface area (Å²) in [6, 6.07) is 0. The molecule has 1 saturated carbocycles. The standard InChI is InChI=1S/C10H22N2O/c1-2-11-4-3-5-12-8-9-6-10(13)7-9/h9-13H,2-8H2,1H3. The van der Waals surface area contributed by atoms with Gasteiger partial charge in [0.15, 0.2) is 0 Å². The second kappa shape index (κ2) is 6.35. The lowest BCUT2D eigenvalue weighted by Crippen LogP contribution is -2.36. The highest BCUT2D eigenvalue weighted by Gasteiger charge is 2.26. The zero-order valence-corrected chi connectivity index (χ0v) is 8.55. The molecule has 13 heavy (non-hydrogen) atoms. The van der Waals surface area contributed by atoms with Crippen LogP contribution >= 0.6 is 0 Å². The molecular formula is C10H22N2O. The summed E-state index contributed by atoms with van der Waals surface area (Å²) in [6.07, 6.45) is 3.19. The Bertz CT molecular complexity index is 124. The van der Waals surface area contributed by atoms with Gasteiger partial charge in [0.1, 0.15) is 0 Å². The van der Waals surface area contributed by atoms with Crippen LogP contribution in [0.1, 0.15) is 26.2 Å². The van der Waals surface area contributed by atoms with Gasteiger partial charge in [-0.2, -0.15) is 0 Å². The van der Waals surface area contributed by atoms with Gasteiger partial charge in [-0.05, 0) is 51.4 Å². The van der Waals surface area contributed by atoms with Gasteiger partial charge >= 0.3 is 0 Å². The van der Waals surface area contributed by atoms with Gasteiger partial charge in [-0.3, -0.25) is 0 Å². The Morgan fingerprint density at radius 3 is 2.54 bits per heavy atom. The molecule has 0 heterocycles. The number of hydrogen-bond donors (Lipinski definition) is 3. The van der Waals surface area contributed by atoms with E-state index in [4.69, 9.17) is 5.11 Å². The Hall–Kier alpha value is -0.120. The van der Waals surface area contributed by atoms with Crippen molar-refractivity contribution in [2.24, 2.45) is 5.92 Å². The van der Waals surface area contributed by atoms with Gasteiger partial charge in [-0.15, -0.1) is 0 Å². The van der Waals surface area contributed by atoms with Crippen LogP contribution in [-0.2, 0) is 0 Å². The molecule has 1 rings (SSSR count). The minimum Gasteiger partial charge on any atom is -0.393 e. The number of hydrogen-bond acceptors (Lipinski definition) is 3. The SMILES string of the molecule is CCNCCCNCC1CC(O)C1. The molecule has 78 valence electrons. The summed E-state index contributed by atoms with van der Waals surface area (Å²) < 4.78 is 0. The fourth-order valence-electron chi connectivity index (χ4n) is 1.69. The predicted molar refractivity (Wildman–Crippen MR) is 54.8 cm³/mol. The average Bonchev–Trinajstić information content (AvgIpc) is 2.07. The smallest absolute Gasteiger partial charge is 0.0546 e. The zero-order chi connectivity index (χ0) is 9.52. The third kappa shape index (κ3) is 4.60. The van der Waals surface area contributed by atoms with Crippen LogP contribution in [0, 0.1) is 5.92 Å². The van der Waals surface area contributed by atoms with E-state index in [9.17, 15) is 0 Å². The van der Waals surface area contributed by atoms with E-state index in [1.165, 1.54) is 6.42 Å². The Labute approximate surface area is 80.9 Å². The van der Waals surface area contributed by atoms with Crippen molar-refractivity contribution in [3.05, 3.63) is 0 Å². The predicted octanol–water partition coefficient (Wildman–Crippen LogP) is 0.346. The van der Waals surface area contributed by atoms with Crippen molar-refractivity contribution < 1.29 is 5.11 Å².